The molecule has 68 valence electrons. The number of thioether (sulfide) groups is 1. The molecule has 0 N–H and O–H groups in total. The van der Waals surface area contributed by atoms with Gasteiger partial charge in [-0.3, -0.25) is 4.79 Å². The molecule has 1 unspecified atom stereocenters. The molecule has 0 bridgehead atoms. The van der Waals surface area contributed by atoms with Crippen molar-refractivity contribution in [2.75, 3.05) is 7.11 Å². The van der Waals surface area contributed by atoms with Crippen LogP contribution in [0.2, 0.25) is 0 Å². The minimum atomic E-state index is 0.0336. The van der Waals surface area contributed by atoms with Gasteiger partial charge < -0.3 is 4.74 Å². The lowest BCUT2D eigenvalue weighted by atomic mass is 10.1. The molecule has 0 aromatic heterocycles. The van der Waals surface area contributed by atoms with Gasteiger partial charge in [0.05, 0.1) is 17.3 Å². The number of carbonyl (C=O) groups is 1. The van der Waals surface area contributed by atoms with Crippen LogP contribution in [0.25, 0.3) is 0 Å². The number of hydrogen-bond acceptors (Lipinski definition) is 3. The molecule has 0 amide bonds. The SMILES string of the molecule is COc1cccc2c1SC(C)C2=O. The standard InChI is InChI=1S/C10H10O2S/c1-6-9(11)7-4-3-5-8(12-2)10(7)13-6/h3-6H,1-2H3. The van der Waals surface area contributed by atoms with Crippen LogP contribution in [0.1, 0.15) is 17.3 Å². The molecule has 2 nitrogen and oxygen atoms in total. The van der Waals surface area contributed by atoms with E-state index in [0.29, 0.717) is 0 Å². The van der Waals surface area contributed by atoms with E-state index < -0.39 is 0 Å². The molecule has 0 fully saturated rings. The highest BCUT2D eigenvalue weighted by atomic mass is 32.2. The molecule has 0 radical (unpaired) electrons. The monoisotopic (exact) mass is 194 g/mol. The summed E-state index contributed by atoms with van der Waals surface area (Å²) in [5, 5.41) is 0.0336. The molecule has 13 heavy (non-hydrogen) atoms. The van der Waals surface area contributed by atoms with Gasteiger partial charge >= 0.3 is 0 Å². The van der Waals surface area contributed by atoms with Crippen LogP contribution >= 0.6 is 11.8 Å². The number of carbonyl (C=O) groups excluding carboxylic acids is 1. The summed E-state index contributed by atoms with van der Waals surface area (Å²) < 4.78 is 5.18. The summed E-state index contributed by atoms with van der Waals surface area (Å²) in [6.45, 7) is 1.92. The van der Waals surface area contributed by atoms with Gasteiger partial charge in [-0.05, 0) is 19.1 Å². The van der Waals surface area contributed by atoms with Gasteiger partial charge in [0.15, 0.2) is 5.78 Å². The molecule has 1 aliphatic heterocycles. The van der Waals surface area contributed by atoms with Crippen molar-refractivity contribution in [2.24, 2.45) is 0 Å². The molecule has 0 spiro atoms. The molecule has 1 aromatic carbocycles. The third-order valence-electron chi connectivity index (χ3n) is 2.13. The lowest BCUT2D eigenvalue weighted by Crippen LogP contribution is -2.05. The minimum absolute atomic E-state index is 0.0336. The van der Waals surface area contributed by atoms with Crippen molar-refractivity contribution in [1.82, 2.24) is 0 Å². The summed E-state index contributed by atoms with van der Waals surface area (Å²) in [6.07, 6.45) is 0. The Morgan fingerprint density at radius 1 is 1.46 bits per heavy atom. The summed E-state index contributed by atoms with van der Waals surface area (Å²) in [4.78, 5) is 12.6. The number of benzene rings is 1. The first kappa shape index (κ1) is 8.63. The molecule has 1 aromatic rings. The lowest BCUT2D eigenvalue weighted by Gasteiger charge is -2.03. The first-order valence-electron chi connectivity index (χ1n) is 4.12. The summed E-state index contributed by atoms with van der Waals surface area (Å²) in [7, 11) is 1.63. The van der Waals surface area contributed by atoms with Gasteiger partial charge in [-0.2, -0.15) is 0 Å². The average Bonchev–Trinajstić information content (AvgIpc) is 2.43. The van der Waals surface area contributed by atoms with Crippen molar-refractivity contribution >= 4 is 17.5 Å². The Morgan fingerprint density at radius 2 is 2.23 bits per heavy atom. The molecule has 1 heterocycles. The van der Waals surface area contributed by atoms with Gasteiger partial charge in [-0.25, -0.2) is 0 Å². The molecule has 0 aliphatic carbocycles. The van der Waals surface area contributed by atoms with Gasteiger partial charge in [-0.1, -0.05) is 6.07 Å². The minimum Gasteiger partial charge on any atom is -0.496 e. The Balaban J connectivity index is 2.55. The lowest BCUT2D eigenvalue weighted by molar-refractivity contribution is 0.0995. The van der Waals surface area contributed by atoms with E-state index in [1.165, 1.54) is 0 Å². The van der Waals surface area contributed by atoms with Crippen molar-refractivity contribution in [1.29, 1.82) is 0 Å². The van der Waals surface area contributed by atoms with E-state index in [4.69, 9.17) is 4.74 Å². The van der Waals surface area contributed by atoms with E-state index in [1.807, 2.05) is 25.1 Å². The molecule has 3 heteroatoms. The Kier molecular flexibility index (Phi) is 2.04. The summed E-state index contributed by atoms with van der Waals surface area (Å²) in [6, 6.07) is 5.60. The van der Waals surface area contributed by atoms with Crippen LogP contribution in [-0.2, 0) is 0 Å². The Bertz CT molecular complexity index is 360. The van der Waals surface area contributed by atoms with Gasteiger partial charge in [-0.15, -0.1) is 11.8 Å². The second kappa shape index (κ2) is 3.07. The van der Waals surface area contributed by atoms with E-state index in [1.54, 1.807) is 18.9 Å². The predicted octanol–water partition coefficient (Wildman–Crippen LogP) is 2.37. The first-order valence-corrected chi connectivity index (χ1v) is 5.00. The van der Waals surface area contributed by atoms with Crippen molar-refractivity contribution in [3.63, 3.8) is 0 Å². The van der Waals surface area contributed by atoms with Crippen molar-refractivity contribution in [3.05, 3.63) is 23.8 Å². The zero-order valence-electron chi connectivity index (χ0n) is 7.53. The fourth-order valence-electron chi connectivity index (χ4n) is 1.44. The van der Waals surface area contributed by atoms with E-state index >= 15 is 0 Å². The fourth-order valence-corrected chi connectivity index (χ4v) is 2.59. The number of fused-ring (bicyclic) bond motifs is 1. The fraction of sp³-hybridized carbons (Fsp3) is 0.300. The second-order valence-corrected chi connectivity index (χ2v) is 4.31. The summed E-state index contributed by atoms with van der Waals surface area (Å²) >= 11 is 1.58. The van der Waals surface area contributed by atoms with Crippen LogP contribution in [0, 0.1) is 0 Å². The molecular weight excluding hydrogens is 184 g/mol. The number of methoxy groups -OCH3 is 1. The zero-order chi connectivity index (χ0) is 9.42. The average molecular weight is 194 g/mol. The highest BCUT2D eigenvalue weighted by molar-refractivity contribution is 8.01. The maximum absolute atomic E-state index is 11.6. The third kappa shape index (κ3) is 1.23. The molecule has 1 aliphatic rings. The van der Waals surface area contributed by atoms with Crippen LogP contribution in [0.4, 0.5) is 0 Å². The second-order valence-electron chi connectivity index (χ2n) is 2.96. The smallest absolute Gasteiger partial charge is 0.177 e. The van der Waals surface area contributed by atoms with Crippen molar-refractivity contribution in [2.45, 2.75) is 17.1 Å². The summed E-state index contributed by atoms with van der Waals surface area (Å²) in [5.74, 6) is 1.01. The van der Waals surface area contributed by atoms with Crippen LogP contribution in [0.3, 0.4) is 0 Å². The van der Waals surface area contributed by atoms with E-state index in [-0.39, 0.29) is 11.0 Å². The normalized spacial score (nSPS) is 20.2. The Labute approximate surface area is 81.3 Å². The maximum Gasteiger partial charge on any atom is 0.177 e. The molecular formula is C10H10O2S. The number of ether oxygens (including phenoxy) is 1. The van der Waals surface area contributed by atoms with Crippen LogP contribution < -0.4 is 4.74 Å². The highest BCUT2D eigenvalue weighted by Crippen LogP contribution is 2.42. The van der Waals surface area contributed by atoms with Crippen LogP contribution in [-0.4, -0.2) is 18.1 Å². The third-order valence-corrected chi connectivity index (χ3v) is 3.35. The number of Topliss-reactive ketones (excluding diaryl/α,β-unsaturated/α-hetero) is 1. The van der Waals surface area contributed by atoms with Crippen LogP contribution in [0.5, 0.6) is 5.75 Å². The van der Waals surface area contributed by atoms with Crippen molar-refractivity contribution in [3.8, 4) is 5.75 Å². The Hall–Kier alpha value is -0.960. The van der Waals surface area contributed by atoms with Crippen molar-refractivity contribution < 1.29 is 9.53 Å². The van der Waals surface area contributed by atoms with Crippen LogP contribution in [0.15, 0.2) is 23.1 Å². The van der Waals surface area contributed by atoms with E-state index in [2.05, 4.69) is 0 Å². The molecule has 1 atom stereocenters. The number of ketones is 1. The van der Waals surface area contributed by atoms with Gasteiger partial charge in [0.2, 0.25) is 0 Å². The maximum atomic E-state index is 11.6. The number of hydrogen-bond donors (Lipinski definition) is 0. The first-order chi connectivity index (χ1) is 6.24. The molecule has 2 rings (SSSR count). The van der Waals surface area contributed by atoms with E-state index in [0.717, 1.165) is 16.2 Å². The Morgan fingerprint density at radius 3 is 2.92 bits per heavy atom. The predicted molar refractivity (Wildman–Crippen MR) is 52.6 cm³/mol. The summed E-state index contributed by atoms with van der Waals surface area (Å²) in [5.41, 5.74) is 0.803. The topological polar surface area (TPSA) is 26.3 Å². The van der Waals surface area contributed by atoms with Gasteiger partial charge in [0, 0.05) is 5.56 Å². The largest absolute Gasteiger partial charge is 0.496 e. The molecule has 0 saturated carbocycles. The quantitative estimate of drug-likeness (QED) is 0.686. The highest BCUT2D eigenvalue weighted by Gasteiger charge is 2.29. The zero-order valence-corrected chi connectivity index (χ0v) is 8.35. The van der Waals surface area contributed by atoms with Gasteiger partial charge in [0.25, 0.3) is 0 Å². The van der Waals surface area contributed by atoms with E-state index in [9.17, 15) is 4.79 Å². The number of rotatable bonds is 1. The molecule has 0 saturated heterocycles. The van der Waals surface area contributed by atoms with Gasteiger partial charge in [0.1, 0.15) is 5.75 Å².